The first kappa shape index (κ1) is 27.7. The van der Waals surface area contributed by atoms with Gasteiger partial charge < -0.3 is 19.3 Å². The van der Waals surface area contributed by atoms with Crippen LogP contribution in [0.5, 0.6) is 23.3 Å². The summed E-state index contributed by atoms with van der Waals surface area (Å²) < 4.78 is 40.8. The van der Waals surface area contributed by atoms with Gasteiger partial charge in [0.1, 0.15) is 34.3 Å². The number of aromatic nitrogens is 2. The molecule has 2 aromatic heterocycles. The molecule has 0 fully saturated rings. The highest BCUT2D eigenvalue weighted by Crippen LogP contribution is 2.28. The molecule has 0 saturated heterocycles. The van der Waals surface area contributed by atoms with E-state index in [2.05, 4.69) is 24.4 Å². The van der Waals surface area contributed by atoms with E-state index in [0.29, 0.717) is 5.75 Å². The average molecular weight is 530 g/mol. The molecule has 0 saturated carbocycles. The maximum Gasteiger partial charge on any atom is 0.342 e. The number of nitrogens with zero attached hydrogens (tertiary/aromatic N) is 4. The second kappa shape index (κ2) is 12.9. The first-order valence-electron chi connectivity index (χ1n) is 10.7. The van der Waals surface area contributed by atoms with Crippen molar-refractivity contribution < 1.29 is 37.7 Å². The highest BCUT2D eigenvalue weighted by molar-refractivity contribution is 5.93. The third kappa shape index (κ3) is 7.55. The largest absolute Gasteiger partial charge is 0.478 e. The van der Waals surface area contributed by atoms with Gasteiger partial charge in [-0.3, -0.25) is 0 Å². The predicted molar refractivity (Wildman–Crippen MR) is 132 cm³/mol. The highest BCUT2D eigenvalue weighted by Gasteiger charge is 2.17. The Hall–Kier alpha value is -5.88. The van der Waals surface area contributed by atoms with E-state index >= 15 is 0 Å². The Labute approximate surface area is 220 Å². The molecular weight excluding hydrogens is 514 g/mol. The fraction of sp³-hybridized carbons (Fsp3) is 0.0370. The van der Waals surface area contributed by atoms with Crippen molar-refractivity contribution in [1.82, 2.24) is 9.97 Å². The Bertz CT molecular complexity index is 1580. The third-order valence-corrected chi connectivity index (χ3v) is 4.62. The van der Waals surface area contributed by atoms with Gasteiger partial charge in [-0.1, -0.05) is 0 Å². The smallest absolute Gasteiger partial charge is 0.342 e. The lowest BCUT2D eigenvalue weighted by Crippen LogP contribution is -2.05. The van der Waals surface area contributed by atoms with E-state index in [-0.39, 0.29) is 40.0 Å². The van der Waals surface area contributed by atoms with Gasteiger partial charge in [0, 0.05) is 12.4 Å². The van der Waals surface area contributed by atoms with E-state index in [1.165, 1.54) is 80.2 Å². The molecule has 0 aliphatic rings. The molecule has 12 heteroatoms. The van der Waals surface area contributed by atoms with Crippen molar-refractivity contribution in [2.45, 2.75) is 0 Å². The number of ether oxygens (including phenoxy) is 3. The average Bonchev–Trinajstić information content (AvgIpc) is 2.95. The highest BCUT2D eigenvalue weighted by atomic mass is 19.1. The number of hydrogen-bond acceptors (Lipinski definition) is 7. The lowest BCUT2D eigenvalue weighted by molar-refractivity contribution is 0.0596. The van der Waals surface area contributed by atoms with Crippen molar-refractivity contribution in [1.29, 1.82) is 0 Å². The summed E-state index contributed by atoms with van der Waals surface area (Å²) in [7, 11) is 1.22. The molecule has 1 N–H and O–H groups in total. The van der Waals surface area contributed by atoms with Gasteiger partial charge in [-0.05, 0) is 60.7 Å². The van der Waals surface area contributed by atoms with Crippen LogP contribution in [0.1, 0.15) is 20.7 Å². The maximum absolute atomic E-state index is 12.8. The SMILES string of the molecule is [C-]#[N+]c1cnc(Oc2ccc(F)cc2)c(C(=O)O)c1.[C-]#[N+]c1cnc(Oc2ccc(F)cc2)c(C(=O)OC)c1. The molecule has 0 atom stereocenters. The summed E-state index contributed by atoms with van der Waals surface area (Å²) in [6.45, 7) is 13.7. The number of esters is 1. The standard InChI is InChI=1S/C14H9FN2O3.C13H7FN2O3/c1-16-10-7-12(14(18)19-2)13(17-8-10)20-11-5-3-9(15)4-6-11;1-15-9-6-11(13(17)18)12(16-7-9)19-10-4-2-8(14)3-5-10/h3-8H,2H3;2-7H,(H,17,18). The van der Waals surface area contributed by atoms with Crippen LogP contribution in [-0.4, -0.2) is 34.1 Å². The van der Waals surface area contributed by atoms with Gasteiger partial charge in [-0.2, -0.15) is 0 Å². The van der Waals surface area contributed by atoms with E-state index in [0.717, 1.165) is 0 Å². The van der Waals surface area contributed by atoms with Crippen molar-refractivity contribution in [2.24, 2.45) is 0 Å². The molecule has 4 rings (SSSR count). The molecule has 0 amide bonds. The van der Waals surface area contributed by atoms with Crippen molar-refractivity contribution in [3.63, 3.8) is 0 Å². The summed E-state index contributed by atoms with van der Waals surface area (Å²) in [5.74, 6) is -2.33. The van der Waals surface area contributed by atoms with Crippen LogP contribution >= 0.6 is 0 Å². The molecule has 0 spiro atoms. The van der Waals surface area contributed by atoms with Gasteiger partial charge in [0.05, 0.1) is 20.3 Å². The zero-order chi connectivity index (χ0) is 28.4. The summed E-state index contributed by atoms with van der Waals surface area (Å²) >= 11 is 0. The predicted octanol–water partition coefficient (Wildman–Crippen LogP) is 6.61. The molecule has 2 aromatic carbocycles. The summed E-state index contributed by atoms with van der Waals surface area (Å²) in [4.78, 5) is 36.7. The number of benzene rings is 2. The number of carbonyl (C=O) groups is 2. The number of methoxy groups -OCH3 is 1. The zero-order valence-corrected chi connectivity index (χ0v) is 20.0. The lowest BCUT2D eigenvalue weighted by atomic mass is 10.2. The van der Waals surface area contributed by atoms with Crippen LogP contribution in [0.3, 0.4) is 0 Å². The van der Waals surface area contributed by atoms with Crippen LogP contribution < -0.4 is 9.47 Å². The lowest BCUT2D eigenvalue weighted by Gasteiger charge is -2.09. The zero-order valence-electron chi connectivity index (χ0n) is 20.0. The van der Waals surface area contributed by atoms with Crippen LogP contribution in [0.4, 0.5) is 20.2 Å². The van der Waals surface area contributed by atoms with Crippen LogP contribution in [0.15, 0.2) is 73.1 Å². The Morgan fingerprint density at radius 1 is 0.769 bits per heavy atom. The molecule has 0 radical (unpaired) electrons. The van der Waals surface area contributed by atoms with Crippen LogP contribution in [-0.2, 0) is 4.74 Å². The van der Waals surface area contributed by atoms with Gasteiger partial charge >= 0.3 is 11.9 Å². The Kier molecular flexibility index (Phi) is 9.16. The molecule has 194 valence electrons. The van der Waals surface area contributed by atoms with Gasteiger partial charge in [-0.25, -0.2) is 38.0 Å². The fourth-order valence-electron chi connectivity index (χ4n) is 2.81. The molecule has 0 aliphatic carbocycles. The summed E-state index contributed by atoms with van der Waals surface area (Å²) in [6.07, 6.45) is 2.48. The van der Waals surface area contributed by atoms with Gasteiger partial charge in [0.15, 0.2) is 0 Å². The van der Waals surface area contributed by atoms with E-state index in [1.54, 1.807) is 0 Å². The van der Waals surface area contributed by atoms with E-state index in [1.807, 2.05) is 0 Å². The second-order valence-corrected chi connectivity index (χ2v) is 7.22. The summed E-state index contributed by atoms with van der Waals surface area (Å²) in [5, 5.41) is 9.02. The van der Waals surface area contributed by atoms with Crippen LogP contribution in [0.2, 0.25) is 0 Å². The Balaban J connectivity index is 0.000000216. The quantitative estimate of drug-likeness (QED) is 0.219. The molecular formula is C27H16F2N4O6. The number of rotatable bonds is 6. The molecule has 0 aliphatic heterocycles. The number of carboxylic acids is 1. The normalized spacial score (nSPS) is 9.67. The fourth-order valence-corrected chi connectivity index (χ4v) is 2.81. The molecule has 39 heavy (non-hydrogen) atoms. The van der Waals surface area contributed by atoms with Gasteiger partial charge in [0.2, 0.25) is 23.1 Å². The third-order valence-electron chi connectivity index (χ3n) is 4.62. The van der Waals surface area contributed by atoms with Gasteiger partial charge in [-0.15, -0.1) is 0 Å². The second-order valence-electron chi connectivity index (χ2n) is 7.22. The van der Waals surface area contributed by atoms with Crippen molar-refractivity contribution in [3.8, 4) is 23.3 Å². The minimum Gasteiger partial charge on any atom is -0.478 e. The number of aromatic carboxylic acids is 1. The first-order valence-corrected chi connectivity index (χ1v) is 10.7. The van der Waals surface area contributed by atoms with Crippen LogP contribution in [0.25, 0.3) is 9.69 Å². The Morgan fingerprint density at radius 2 is 1.18 bits per heavy atom. The van der Waals surface area contributed by atoms with E-state index < -0.39 is 23.6 Å². The molecule has 10 nitrogen and oxygen atoms in total. The number of hydrogen-bond donors (Lipinski definition) is 1. The van der Waals surface area contributed by atoms with E-state index in [9.17, 15) is 18.4 Å². The minimum absolute atomic E-state index is 0.00384. The molecule has 0 bridgehead atoms. The summed E-state index contributed by atoms with van der Waals surface area (Å²) in [5.41, 5.74) is 0.101. The number of carboxylic acid groups (broad SMARTS) is 1. The number of pyridine rings is 2. The van der Waals surface area contributed by atoms with Crippen molar-refractivity contribution in [3.05, 3.63) is 119 Å². The monoisotopic (exact) mass is 530 g/mol. The molecule has 0 unspecified atom stereocenters. The minimum atomic E-state index is -1.25. The number of carbonyl (C=O) groups excluding carboxylic acids is 1. The summed E-state index contributed by atoms with van der Waals surface area (Å²) in [6, 6.07) is 12.8. The molecule has 2 heterocycles. The van der Waals surface area contributed by atoms with Crippen LogP contribution in [0, 0.1) is 24.8 Å². The Morgan fingerprint density at radius 3 is 1.56 bits per heavy atom. The van der Waals surface area contributed by atoms with Crippen molar-refractivity contribution in [2.75, 3.05) is 7.11 Å². The van der Waals surface area contributed by atoms with E-state index in [4.69, 9.17) is 27.7 Å². The maximum atomic E-state index is 12.8. The molecule has 4 aromatic rings. The van der Waals surface area contributed by atoms with Crippen molar-refractivity contribution >= 4 is 23.3 Å². The first-order chi connectivity index (χ1) is 18.7. The van der Waals surface area contributed by atoms with Gasteiger partial charge in [0.25, 0.3) is 0 Å². The topological polar surface area (TPSA) is 117 Å². The number of halogens is 2.